The van der Waals surface area contributed by atoms with E-state index >= 15 is 0 Å². The highest BCUT2D eigenvalue weighted by Crippen LogP contribution is 2.22. The van der Waals surface area contributed by atoms with Crippen LogP contribution in [-0.2, 0) is 11.9 Å². The molecule has 2 aromatic rings. The van der Waals surface area contributed by atoms with Gasteiger partial charge in [0.1, 0.15) is 5.82 Å². The normalized spacial score (nSPS) is 11.2. The maximum Gasteiger partial charge on any atom is 0.123 e. The Morgan fingerprint density at radius 1 is 1.39 bits per heavy atom. The van der Waals surface area contributed by atoms with E-state index in [0.29, 0.717) is 12.5 Å². The second kappa shape index (κ2) is 5.65. The van der Waals surface area contributed by atoms with E-state index < -0.39 is 0 Å². The number of hydrogen-bond donors (Lipinski definition) is 0. The van der Waals surface area contributed by atoms with Gasteiger partial charge in [0.2, 0.25) is 0 Å². The Kier molecular flexibility index (Phi) is 4.17. The second-order valence-electron chi connectivity index (χ2n) is 4.63. The standard InChI is InChI=1S/C14H16BrFN2/c1-10(2)14-12(7-15)8-17-18(14)9-11-4-3-5-13(16)6-11/h3-6,8,10H,7,9H2,1-2H3. The van der Waals surface area contributed by atoms with Gasteiger partial charge < -0.3 is 0 Å². The van der Waals surface area contributed by atoms with Crippen molar-refractivity contribution in [2.75, 3.05) is 0 Å². The number of hydrogen-bond acceptors (Lipinski definition) is 1. The highest BCUT2D eigenvalue weighted by molar-refractivity contribution is 9.08. The summed E-state index contributed by atoms with van der Waals surface area (Å²) in [6.45, 7) is 4.90. The van der Waals surface area contributed by atoms with Crippen molar-refractivity contribution in [1.29, 1.82) is 0 Å². The molecule has 0 amide bonds. The summed E-state index contributed by atoms with van der Waals surface area (Å²) in [5.41, 5.74) is 3.33. The summed E-state index contributed by atoms with van der Waals surface area (Å²) in [4.78, 5) is 0. The average molecular weight is 311 g/mol. The highest BCUT2D eigenvalue weighted by atomic mass is 79.9. The summed E-state index contributed by atoms with van der Waals surface area (Å²) in [5, 5.41) is 5.19. The zero-order valence-corrected chi connectivity index (χ0v) is 12.1. The summed E-state index contributed by atoms with van der Waals surface area (Å²) in [6.07, 6.45) is 1.88. The average Bonchev–Trinajstić information content (AvgIpc) is 2.72. The third-order valence-electron chi connectivity index (χ3n) is 2.87. The Bertz CT molecular complexity index is 534. The fourth-order valence-electron chi connectivity index (χ4n) is 2.14. The van der Waals surface area contributed by atoms with Gasteiger partial charge in [0.25, 0.3) is 0 Å². The molecule has 4 heteroatoms. The van der Waals surface area contributed by atoms with Gasteiger partial charge in [-0.3, -0.25) is 4.68 Å². The Morgan fingerprint density at radius 3 is 2.78 bits per heavy atom. The molecular formula is C14H16BrFN2. The van der Waals surface area contributed by atoms with Crippen molar-refractivity contribution in [2.45, 2.75) is 31.6 Å². The van der Waals surface area contributed by atoms with Crippen molar-refractivity contribution in [3.05, 3.63) is 53.1 Å². The topological polar surface area (TPSA) is 17.8 Å². The quantitative estimate of drug-likeness (QED) is 0.778. The molecule has 0 saturated carbocycles. The molecule has 0 aliphatic carbocycles. The van der Waals surface area contributed by atoms with Crippen molar-refractivity contribution < 1.29 is 4.39 Å². The summed E-state index contributed by atoms with van der Waals surface area (Å²) in [7, 11) is 0. The van der Waals surface area contributed by atoms with E-state index in [1.165, 1.54) is 17.3 Å². The molecule has 0 N–H and O–H groups in total. The zero-order chi connectivity index (χ0) is 13.1. The molecule has 1 aromatic carbocycles. The lowest BCUT2D eigenvalue weighted by molar-refractivity contribution is 0.601. The van der Waals surface area contributed by atoms with E-state index in [-0.39, 0.29) is 5.82 Å². The minimum atomic E-state index is -0.202. The van der Waals surface area contributed by atoms with Gasteiger partial charge in [0.05, 0.1) is 12.7 Å². The lowest BCUT2D eigenvalue weighted by Crippen LogP contribution is -2.08. The summed E-state index contributed by atoms with van der Waals surface area (Å²) < 4.78 is 15.1. The third kappa shape index (κ3) is 2.80. The Labute approximate surface area is 115 Å². The molecule has 2 rings (SSSR count). The molecule has 0 aliphatic rings. The van der Waals surface area contributed by atoms with E-state index in [2.05, 4.69) is 34.9 Å². The van der Waals surface area contributed by atoms with Gasteiger partial charge in [-0.1, -0.05) is 41.9 Å². The first-order chi connectivity index (χ1) is 8.61. The van der Waals surface area contributed by atoms with Crippen LogP contribution in [0.4, 0.5) is 4.39 Å². The smallest absolute Gasteiger partial charge is 0.123 e. The third-order valence-corrected chi connectivity index (χ3v) is 3.48. The molecule has 0 spiro atoms. The van der Waals surface area contributed by atoms with E-state index in [1.54, 1.807) is 12.1 Å². The van der Waals surface area contributed by atoms with Gasteiger partial charge in [-0.05, 0) is 23.6 Å². The van der Waals surface area contributed by atoms with Crippen LogP contribution in [0, 0.1) is 5.82 Å². The molecule has 2 nitrogen and oxygen atoms in total. The predicted octanol–water partition coefficient (Wildman–Crippen LogP) is 4.09. The minimum absolute atomic E-state index is 0.202. The molecule has 0 bridgehead atoms. The van der Waals surface area contributed by atoms with Crippen LogP contribution in [0.2, 0.25) is 0 Å². The van der Waals surface area contributed by atoms with E-state index in [1.807, 2.05) is 16.9 Å². The van der Waals surface area contributed by atoms with Crippen LogP contribution in [0.5, 0.6) is 0 Å². The molecule has 0 unspecified atom stereocenters. The molecule has 1 aromatic heterocycles. The Morgan fingerprint density at radius 2 is 2.17 bits per heavy atom. The summed E-state index contributed by atoms with van der Waals surface area (Å²) in [5.74, 6) is 0.195. The molecule has 0 radical (unpaired) electrons. The number of rotatable bonds is 4. The van der Waals surface area contributed by atoms with E-state index in [9.17, 15) is 4.39 Å². The SMILES string of the molecule is CC(C)c1c(CBr)cnn1Cc1cccc(F)c1. The van der Waals surface area contributed by atoms with Crippen LogP contribution >= 0.6 is 15.9 Å². The largest absolute Gasteiger partial charge is 0.265 e. The van der Waals surface area contributed by atoms with Crippen molar-refractivity contribution in [1.82, 2.24) is 9.78 Å². The van der Waals surface area contributed by atoms with Gasteiger partial charge in [0.15, 0.2) is 0 Å². The van der Waals surface area contributed by atoms with Crippen LogP contribution in [0.15, 0.2) is 30.5 Å². The number of nitrogens with zero attached hydrogens (tertiary/aromatic N) is 2. The number of benzene rings is 1. The Balaban J connectivity index is 2.32. The highest BCUT2D eigenvalue weighted by Gasteiger charge is 2.13. The maximum absolute atomic E-state index is 13.2. The van der Waals surface area contributed by atoms with Crippen molar-refractivity contribution in [3.63, 3.8) is 0 Å². The fourth-order valence-corrected chi connectivity index (χ4v) is 2.57. The van der Waals surface area contributed by atoms with Crippen LogP contribution in [0.25, 0.3) is 0 Å². The molecule has 0 aliphatic heterocycles. The molecule has 1 heterocycles. The second-order valence-corrected chi connectivity index (χ2v) is 5.19. The maximum atomic E-state index is 13.2. The van der Waals surface area contributed by atoms with Crippen LogP contribution in [-0.4, -0.2) is 9.78 Å². The van der Waals surface area contributed by atoms with Gasteiger partial charge in [0, 0.05) is 16.6 Å². The van der Waals surface area contributed by atoms with Gasteiger partial charge in [-0.2, -0.15) is 5.10 Å². The molecule has 18 heavy (non-hydrogen) atoms. The number of aromatic nitrogens is 2. The minimum Gasteiger partial charge on any atom is -0.265 e. The molecule has 0 atom stereocenters. The molecule has 0 fully saturated rings. The summed E-state index contributed by atoms with van der Waals surface area (Å²) in [6, 6.07) is 6.66. The van der Waals surface area contributed by atoms with Gasteiger partial charge >= 0.3 is 0 Å². The van der Waals surface area contributed by atoms with Crippen molar-refractivity contribution in [2.24, 2.45) is 0 Å². The lowest BCUT2D eigenvalue weighted by atomic mass is 10.1. The summed E-state index contributed by atoms with van der Waals surface area (Å²) >= 11 is 3.47. The molecular weight excluding hydrogens is 295 g/mol. The van der Waals surface area contributed by atoms with E-state index in [4.69, 9.17) is 0 Å². The predicted molar refractivity (Wildman–Crippen MR) is 74.4 cm³/mol. The first-order valence-electron chi connectivity index (χ1n) is 5.96. The van der Waals surface area contributed by atoms with Crippen LogP contribution in [0.3, 0.4) is 0 Å². The van der Waals surface area contributed by atoms with Gasteiger partial charge in [-0.25, -0.2) is 4.39 Å². The molecule has 96 valence electrons. The van der Waals surface area contributed by atoms with Crippen molar-refractivity contribution >= 4 is 15.9 Å². The lowest BCUT2D eigenvalue weighted by Gasteiger charge is -2.12. The van der Waals surface area contributed by atoms with Crippen molar-refractivity contribution in [3.8, 4) is 0 Å². The first kappa shape index (κ1) is 13.3. The molecule has 0 saturated heterocycles. The number of alkyl halides is 1. The monoisotopic (exact) mass is 310 g/mol. The van der Waals surface area contributed by atoms with E-state index in [0.717, 1.165) is 10.9 Å². The van der Waals surface area contributed by atoms with Gasteiger partial charge in [-0.15, -0.1) is 0 Å². The first-order valence-corrected chi connectivity index (χ1v) is 7.09. The number of halogens is 2. The van der Waals surface area contributed by atoms with Crippen LogP contribution in [0.1, 0.15) is 36.6 Å². The Hall–Kier alpha value is -1.16. The van der Waals surface area contributed by atoms with Crippen LogP contribution < -0.4 is 0 Å². The fraction of sp³-hybridized carbons (Fsp3) is 0.357. The zero-order valence-electron chi connectivity index (χ0n) is 10.5.